The Morgan fingerprint density at radius 3 is 2.47 bits per heavy atom. The van der Waals surface area contributed by atoms with Gasteiger partial charge in [0.25, 0.3) is 0 Å². The lowest BCUT2D eigenvalue weighted by atomic mass is 9.82. The fourth-order valence-corrected chi connectivity index (χ4v) is 3.76. The molecule has 2 aliphatic rings. The molecule has 1 saturated carbocycles. The topological polar surface area (TPSA) is 12.0 Å². The maximum absolute atomic E-state index is 3.80. The lowest BCUT2D eigenvalue weighted by molar-refractivity contribution is 0.301. The largest absolute Gasteiger partial charge is 0.311 e. The molecule has 1 aromatic carbocycles. The highest BCUT2D eigenvalue weighted by Crippen LogP contribution is 2.40. The van der Waals surface area contributed by atoms with Crippen molar-refractivity contribution in [3.8, 4) is 0 Å². The van der Waals surface area contributed by atoms with E-state index in [4.69, 9.17) is 0 Å². The van der Waals surface area contributed by atoms with E-state index in [9.17, 15) is 0 Å². The zero-order valence-electron chi connectivity index (χ0n) is 12.4. The molecule has 1 heteroatoms. The maximum Gasteiger partial charge on any atom is 0.0224 e. The van der Waals surface area contributed by atoms with E-state index in [1.165, 1.54) is 50.6 Å². The number of nitrogens with one attached hydrogen (secondary N) is 1. The van der Waals surface area contributed by atoms with Crippen LogP contribution in [0.15, 0.2) is 24.3 Å². The molecule has 3 rings (SSSR count). The van der Waals surface area contributed by atoms with Crippen molar-refractivity contribution in [2.75, 3.05) is 6.54 Å². The predicted molar refractivity (Wildman–Crippen MR) is 81.5 cm³/mol. The Labute approximate surface area is 117 Å². The van der Waals surface area contributed by atoms with Gasteiger partial charge in [0, 0.05) is 5.54 Å². The van der Waals surface area contributed by atoms with Gasteiger partial charge in [-0.15, -0.1) is 0 Å². The summed E-state index contributed by atoms with van der Waals surface area (Å²) in [4.78, 5) is 0. The average Bonchev–Trinajstić information content (AvgIpc) is 3.12. The van der Waals surface area contributed by atoms with E-state index < -0.39 is 0 Å². The molecule has 104 valence electrons. The highest BCUT2D eigenvalue weighted by molar-refractivity contribution is 5.29. The molecular weight excluding hydrogens is 230 g/mol. The maximum atomic E-state index is 3.80. The standard InChI is InChI=1S/C18H27N/c1-14(2)12-18(10-3-11-19-18)13-15-4-6-16(7-5-15)17-8-9-17/h4-7,14,17,19H,3,8-13H2,1-2H3. The van der Waals surface area contributed by atoms with Gasteiger partial charge in [0.05, 0.1) is 0 Å². The van der Waals surface area contributed by atoms with Gasteiger partial charge in [0.1, 0.15) is 0 Å². The second-order valence-electron chi connectivity index (χ2n) is 7.10. The lowest BCUT2D eigenvalue weighted by Gasteiger charge is -2.32. The molecule has 1 saturated heterocycles. The molecule has 0 bridgehead atoms. The molecule has 0 radical (unpaired) electrons. The Balaban J connectivity index is 1.70. The molecule has 0 amide bonds. The molecule has 0 aromatic heterocycles. The molecule has 1 aliphatic heterocycles. The summed E-state index contributed by atoms with van der Waals surface area (Å²) < 4.78 is 0. The van der Waals surface area contributed by atoms with Crippen molar-refractivity contribution in [3.05, 3.63) is 35.4 Å². The van der Waals surface area contributed by atoms with Crippen molar-refractivity contribution in [2.24, 2.45) is 5.92 Å². The summed E-state index contributed by atoms with van der Waals surface area (Å²) in [5, 5.41) is 3.80. The zero-order chi connectivity index (χ0) is 13.3. The van der Waals surface area contributed by atoms with Crippen molar-refractivity contribution >= 4 is 0 Å². The van der Waals surface area contributed by atoms with Crippen molar-refractivity contribution in [3.63, 3.8) is 0 Å². The van der Waals surface area contributed by atoms with Gasteiger partial charge >= 0.3 is 0 Å². The molecule has 1 heterocycles. The third-order valence-corrected chi connectivity index (χ3v) is 4.70. The van der Waals surface area contributed by atoms with E-state index in [1.807, 2.05) is 0 Å². The molecule has 1 N–H and O–H groups in total. The summed E-state index contributed by atoms with van der Waals surface area (Å²) in [7, 11) is 0. The molecule has 1 nitrogen and oxygen atoms in total. The van der Waals surface area contributed by atoms with Gasteiger partial charge in [0.15, 0.2) is 0 Å². The highest BCUT2D eigenvalue weighted by atomic mass is 15.0. The lowest BCUT2D eigenvalue weighted by Crippen LogP contribution is -2.43. The van der Waals surface area contributed by atoms with Crippen LogP contribution in [0.25, 0.3) is 0 Å². The Kier molecular flexibility index (Phi) is 3.66. The summed E-state index contributed by atoms with van der Waals surface area (Å²) in [5.41, 5.74) is 3.44. The van der Waals surface area contributed by atoms with Crippen LogP contribution in [0.2, 0.25) is 0 Å². The van der Waals surface area contributed by atoms with E-state index >= 15 is 0 Å². The Morgan fingerprint density at radius 2 is 1.95 bits per heavy atom. The normalized spacial score (nSPS) is 27.1. The summed E-state index contributed by atoms with van der Waals surface area (Å²) >= 11 is 0. The average molecular weight is 257 g/mol. The van der Waals surface area contributed by atoms with Gasteiger partial charge in [-0.05, 0) is 68.0 Å². The molecule has 1 unspecified atom stereocenters. The Morgan fingerprint density at radius 1 is 1.21 bits per heavy atom. The van der Waals surface area contributed by atoms with Gasteiger partial charge < -0.3 is 5.32 Å². The van der Waals surface area contributed by atoms with Crippen molar-refractivity contribution < 1.29 is 0 Å². The second-order valence-corrected chi connectivity index (χ2v) is 7.10. The monoisotopic (exact) mass is 257 g/mol. The Bertz CT molecular complexity index is 408. The molecule has 2 fully saturated rings. The van der Waals surface area contributed by atoms with Gasteiger partial charge in [-0.1, -0.05) is 38.1 Å². The number of rotatable bonds is 5. The minimum atomic E-state index is 0.370. The minimum absolute atomic E-state index is 0.370. The first-order valence-electron chi connectivity index (χ1n) is 8.01. The summed E-state index contributed by atoms with van der Waals surface area (Å²) in [6.07, 6.45) is 7.99. The van der Waals surface area contributed by atoms with Crippen molar-refractivity contribution in [1.29, 1.82) is 0 Å². The highest BCUT2D eigenvalue weighted by Gasteiger charge is 2.34. The SMILES string of the molecule is CC(C)CC1(Cc2ccc(C3CC3)cc2)CCCN1. The van der Waals surface area contributed by atoms with Crippen LogP contribution < -0.4 is 5.32 Å². The summed E-state index contributed by atoms with van der Waals surface area (Å²) in [6.45, 7) is 5.89. The molecular formula is C18H27N. The first kappa shape index (κ1) is 13.2. The van der Waals surface area contributed by atoms with Crippen molar-refractivity contribution in [2.45, 2.75) is 63.8 Å². The first-order chi connectivity index (χ1) is 9.17. The third-order valence-electron chi connectivity index (χ3n) is 4.70. The van der Waals surface area contributed by atoms with E-state index in [2.05, 4.69) is 43.4 Å². The smallest absolute Gasteiger partial charge is 0.0224 e. The fraction of sp³-hybridized carbons (Fsp3) is 0.667. The quantitative estimate of drug-likeness (QED) is 0.830. The van der Waals surface area contributed by atoms with Gasteiger partial charge in [-0.2, -0.15) is 0 Å². The second kappa shape index (κ2) is 5.28. The number of hydrogen-bond acceptors (Lipinski definition) is 1. The molecule has 1 aromatic rings. The van der Waals surface area contributed by atoms with Crippen LogP contribution in [0.3, 0.4) is 0 Å². The van der Waals surface area contributed by atoms with Gasteiger partial charge in [-0.25, -0.2) is 0 Å². The predicted octanol–water partition coefficient (Wildman–Crippen LogP) is 4.27. The number of benzene rings is 1. The van der Waals surface area contributed by atoms with Crippen LogP contribution in [0.1, 0.15) is 63.0 Å². The first-order valence-corrected chi connectivity index (χ1v) is 8.01. The number of hydrogen-bond donors (Lipinski definition) is 1. The van der Waals surface area contributed by atoms with Crippen LogP contribution in [0.5, 0.6) is 0 Å². The van der Waals surface area contributed by atoms with E-state index in [0.29, 0.717) is 5.54 Å². The van der Waals surface area contributed by atoms with E-state index in [1.54, 1.807) is 5.56 Å². The van der Waals surface area contributed by atoms with Crippen LogP contribution in [0.4, 0.5) is 0 Å². The van der Waals surface area contributed by atoms with Gasteiger partial charge in [0.2, 0.25) is 0 Å². The third kappa shape index (κ3) is 3.20. The Hall–Kier alpha value is -0.820. The van der Waals surface area contributed by atoms with Crippen LogP contribution >= 0.6 is 0 Å². The van der Waals surface area contributed by atoms with Gasteiger partial charge in [-0.3, -0.25) is 0 Å². The van der Waals surface area contributed by atoms with Crippen LogP contribution in [0, 0.1) is 5.92 Å². The van der Waals surface area contributed by atoms with Crippen molar-refractivity contribution in [1.82, 2.24) is 5.32 Å². The van der Waals surface area contributed by atoms with Crippen LogP contribution in [-0.4, -0.2) is 12.1 Å². The molecule has 1 aliphatic carbocycles. The molecule has 1 atom stereocenters. The van der Waals surface area contributed by atoms with E-state index in [-0.39, 0.29) is 0 Å². The van der Waals surface area contributed by atoms with Crippen LogP contribution in [-0.2, 0) is 6.42 Å². The fourth-order valence-electron chi connectivity index (χ4n) is 3.76. The van der Waals surface area contributed by atoms with E-state index in [0.717, 1.165) is 11.8 Å². The zero-order valence-corrected chi connectivity index (χ0v) is 12.4. The molecule has 19 heavy (non-hydrogen) atoms. The minimum Gasteiger partial charge on any atom is -0.311 e. The molecule has 0 spiro atoms. The summed E-state index contributed by atoms with van der Waals surface area (Å²) in [5.74, 6) is 1.65. The summed E-state index contributed by atoms with van der Waals surface area (Å²) in [6, 6.07) is 9.47.